The lowest BCUT2D eigenvalue weighted by atomic mass is 9.95. The number of carbonyl (C=O) groups excluding carboxylic acids is 1. The van der Waals surface area contributed by atoms with E-state index in [9.17, 15) is 4.79 Å². The number of hydrogen-bond donors (Lipinski definition) is 1. The van der Waals surface area contributed by atoms with Crippen molar-refractivity contribution in [2.45, 2.75) is 44.2 Å². The number of piperazine rings is 1. The molecule has 1 saturated carbocycles. The molecule has 0 unspecified atom stereocenters. The Morgan fingerprint density at radius 2 is 1.60 bits per heavy atom. The average Bonchev–Trinajstić information content (AvgIpc) is 2.63. The van der Waals surface area contributed by atoms with E-state index in [1.165, 1.54) is 24.9 Å². The SMILES string of the molecule is O=C(NC1CCCCC1)N1CC(N2CCN(c3ccccc3)CC2)C1. The van der Waals surface area contributed by atoms with Gasteiger partial charge in [-0.1, -0.05) is 37.5 Å². The van der Waals surface area contributed by atoms with Gasteiger partial charge in [0.15, 0.2) is 0 Å². The molecule has 2 heterocycles. The van der Waals surface area contributed by atoms with Gasteiger partial charge in [-0.15, -0.1) is 0 Å². The minimum Gasteiger partial charge on any atom is -0.369 e. The van der Waals surface area contributed by atoms with Crippen LogP contribution in [0, 0.1) is 0 Å². The average molecular weight is 342 g/mol. The molecule has 5 nitrogen and oxygen atoms in total. The predicted octanol–water partition coefficient (Wildman–Crippen LogP) is 2.54. The molecule has 1 aromatic rings. The first kappa shape index (κ1) is 16.7. The molecule has 5 heteroatoms. The van der Waals surface area contributed by atoms with Gasteiger partial charge in [0.25, 0.3) is 0 Å². The van der Waals surface area contributed by atoms with Gasteiger partial charge in [-0.25, -0.2) is 4.79 Å². The predicted molar refractivity (Wildman–Crippen MR) is 101 cm³/mol. The second kappa shape index (κ2) is 7.65. The number of nitrogens with zero attached hydrogens (tertiary/aromatic N) is 3. The molecule has 25 heavy (non-hydrogen) atoms. The molecule has 1 aromatic carbocycles. The summed E-state index contributed by atoms with van der Waals surface area (Å²) in [5.74, 6) is 0. The van der Waals surface area contributed by atoms with Crippen molar-refractivity contribution >= 4 is 11.7 Å². The van der Waals surface area contributed by atoms with E-state index >= 15 is 0 Å². The van der Waals surface area contributed by atoms with Gasteiger partial charge in [-0.2, -0.15) is 0 Å². The van der Waals surface area contributed by atoms with Gasteiger partial charge in [-0.3, -0.25) is 4.90 Å². The summed E-state index contributed by atoms with van der Waals surface area (Å²) in [5, 5.41) is 3.23. The van der Waals surface area contributed by atoms with Crippen molar-refractivity contribution in [3.63, 3.8) is 0 Å². The lowest BCUT2D eigenvalue weighted by molar-refractivity contribution is 0.0517. The van der Waals surface area contributed by atoms with Crippen molar-refractivity contribution in [2.75, 3.05) is 44.2 Å². The highest BCUT2D eigenvalue weighted by atomic mass is 16.2. The third kappa shape index (κ3) is 3.92. The lowest BCUT2D eigenvalue weighted by Crippen LogP contribution is -2.66. The van der Waals surface area contributed by atoms with E-state index in [1.54, 1.807) is 0 Å². The molecule has 0 radical (unpaired) electrons. The number of benzene rings is 1. The zero-order valence-electron chi connectivity index (χ0n) is 15.1. The number of hydrogen-bond acceptors (Lipinski definition) is 3. The molecular formula is C20H30N4O. The Hall–Kier alpha value is -1.75. The molecule has 0 bridgehead atoms. The van der Waals surface area contributed by atoms with Crippen LogP contribution in [-0.2, 0) is 0 Å². The van der Waals surface area contributed by atoms with Crippen molar-refractivity contribution in [3.05, 3.63) is 30.3 Å². The van der Waals surface area contributed by atoms with Crippen molar-refractivity contribution in [3.8, 4) is 0 Å². The highest BCUT2D eigenvalue weighted by Crippen LogP contribution is 2.22. The van der Waals surface area contributed by atoms with Crippen molar-refractivity contribution in [1.82, 2.24) is 15.1 Å². The highest BCUT2D eigenvalue weighted by Gasteiger charge is 2.36. The second-order valence-electron chi connectivity index (χ2n) is 7.70. The van der Waals surface area contributed by atoms with Crippen LogP contribution in [0.4, 0.5) is 10.5 Å². The summed E-state index contributed by atoms with van der Waals surface area (Å²) in [6, 6.07) is 11.8. The molecule has 2 aliphatic heterocycles. The fourth-order valence-corrected chi connectivity index (χ4v) is 4.35. The Kier molecular flexibility index (Phi) is 5.11. The number of para-hydroxylation sites is 1. The summed E-state index contributed by atoms with van der Waals surface area (Å²) < 4.78 is 0. The Morgan fingerprint density at radius 3 is 2.28 bits per heavy atom. The minimum absolute atomic E-state index is 0.158. The first-order valence-corrected chi connectivity index (χ1v) is 9.89. The van der Waals surface area contributed by atoms with Gasteiger partial charge in [0.05, 0.1) is 0 Å². The summed E-state index contributed by atoms with van der Waals surface area (Å²) in [5.41, 5.74) is 1.32. The molecule has 0 aromatic heterocycles. The fraction of sp³-hybridized carbons (Fsp3) is 0.650. The van der Waals surface area contributed by atoms with E-state index < -0.39 is 0 Å². The molecule has 3 fully saturated rings. The summed E-state index contributed by atoms with van der Waals surface area (Å²) in [7, 11) is 0. The highest BCUT2D eigenvalue weighted by molar-refractivity contribution is 5.75. The summed E-state index contributed by atoms with van der Waals surface area (Å²) in [6.07, 6.45) is 6.17. The quantitative estimate of drug-likeness (QED) is 0.917. The van der Waals surface area contributed by atoms with E-state index in [0.717, 1.165) is 52.1 Å². The van der Waals surface area contributed by atoms with Gasteiger partial charge in [0, 0.05) is 57.0 Å². The standard InChI is InChI=1S/C20H30N4O/c25-20(21-17-7-3-1-4-8-17)24-15-19(16-24)23-13-11-22(12-14-23)18-9-5-2-6-10-18/h2,5-6,9-10,17,19H,1,3-4,7-8,11-16H2,(H,21,25). The Labute approximate surface area is 151 Å². The first-order chi connectivity index (χ1) is 12.3. The Balaban J connectivity index is 1.19. The summed E-state index contributed by atoms with van der Waals surface area (Å²) >= 11 is 0. The van der Waals surface area contributed by atoms with Gasteiger partial charge in [0.1, 0.15) is 0 Å². The zero-order chi connectivity index (χ0) is 17.1. The van der Waals surface area contributed by atoms with E-state index in [1.807, 2.05) is 4.90 Å². The maximum Gasteiger partial charge on any atom is 0.317 e. The normalized spacial score (nSPS) is 23.4. The largest absolute Gasteiger partial charge is 0.369 e. The Bertz CT molecular complexity index is 558. The topological polar surface area (TPSA) is 38.8 Å². The van der Waals surface area contributed by atoms with Gasteiger partial charge in [-0.05, 0) is 25.0 Å². The van der Waals surface area contributed by atoms with Gasteiger partial charge < -0.3 is 15.1 Å². The van der Waals surface area contributed by atoms with E-state index in [2.05, 4.69) is 45.4 Å². The van der Waals surface area contributed by atoms with E-state index in [0.29, 0.717) is 12.1 Å². The maximum absolute atomic E-state index is 12.3. The molecule has 0 atom stereocenters. The second-order valence-corrected chi connectivity index (χ2v) is 7.70. The van der Waals surface area contributed by atoms with Crippen LogP contribution < -0.4 is 10.2 Å². The third-order valence-electron chi connectivity index (χ3n) is 6.03. The smallest absolute Gasteiger partial charge is 0.317 e. The zero-order valence-corrected chi connectivity index (χ0v) is 15.1. The number of carbonyl (C=O) groups is 1. The van der Waals surface area contributed by atoms with Crippen molar-refractivity contribution in [1.29, 1.82) is 0 Å². The van der Waals surface area contributed by atoms with Crippen LogP contribution in [-0.4, -0.2) is 67.2 Å². The number of urea groups is 1. The van der Waals surface area contributed by atoms with Crippen LogP contribution in [0.25, 0.3) is 0 Å². The number of amides is 2. The van der Waals surface area contributed by atoms with Crippen LogP contribution >= 0.6 is 0 Å². The van der Waals surface area contributed by atoms with Gasteiger partial charge >= 0.3 is 6.03 Å². The Morgan fingerprint density at radius 1 is 0.920 bits per heavy atom. The number of nitrogens with one attached hydrogen (secondary N) is 1. The molecule has 2 amide bonds. The van der Waals surface area contributed by atoms with Gasteiger partial charge in [0.2, 0.25) is 0 Å². The number of rotatable bonds is 3. The monoisotopic (exact) mass is 342 g/mol. The molecular weight excluding hydrogens is 312 g/mol. The number of likely N-dealkylation sites (tertiary alicyclic amines) is 1. The van der Waals surface area contributed by atoms with Crippen LogP contribution in [0.5, 0.6) is 0 Å². The molecule has 0 spiro atoms. The van der Waals surface area contributed by atoms with Crippen LogP contribution in [0.3, 0.4) is 0 Å². The third-order valence-corrected chi connectivity index (χ3v) is 6.03. The number of anilines is 1. The van der Waals surface area contributed by atoms with Crippen molar-refractivity contribution in [2.24, 2.45) is 0 Å². The van der Waals surface area contributed by atoms with E-state index in [-0.39, 0.29) is 6.03 Å². The fourth-order valence-electron chi connectivity index (χ4n) is 4.35. The molecule has 4 rings (SSSR count). The van der Waals surface area contributed by atoms with Crippen LogP contribution in [0.2, 0.25) is 0 Å². The van der Waals surface area contributed by atoms with E-state index in [4.69, 9.17) is 0 Å². The van der Waals surface area contributed by atoms with Crippen LogP contribution in [0.15, 0.2) is 30.3 Å². The van der Waals surface area contributed by atoms with Crippen LogP contribution in [0.1, 0.15) is 32.1 Å². The molecule has 1 N–H and O–H groups in total. The molecule has 2 saturated heterocycles. The minimum atomic E-state index is 0.158. The molecule has 136 valence electrons. The summed E-state index contributed by atoms with van der Waals surface area (Å²) in [4.78, 5) is 19.4. The molecule has 3 aliphatic rings. The lowest BCUT2D eigenvalue weighted by Gasteiger charge is -2.48. The first-order valence-electron chi connectivity index (χ1n) is 9.89. The summed E-state index contributed by atoms with van der Waals surface area (Å²) in [6.45, 7) is 6.13. The van der Waals surface area contributed by atoms with Crippen molar-refractivity contribution < 1.29 is 4.79 Å². The molecule has 1 aliphatic carbocycles. The maximum atomic E-state index is 12.3.